The summed E-state index contributed by atoms with van der Waals surface area (Å²) < 4.78 is 10.4. The number of hydrogen-bond acceptors (Lipinski definition) is 5. The third-order valence-corrected chi connectivity index (χ3v) is 4.15. The maximum Gasteiger partial charge on any atom is 0.308 e. The van der Waals surface area contributed by atoms with Gasteiger partial charge in [-0.1, -0.05) is 31.5 Å². The predicted molar refractivity (Wildman–Crippen MR) is 114 cm³/mol. The van der Waals surface area contributed by atoms with Gasteiger partial charge in [0.25, 0.3) is 11.8 Å². The van der Waals surface area contributed by atoms with Gasteiger partial charge >= 0.3 is 5.97 Å². The van der Waals surface area contributed by atoms with Gasteiger partial charge in [-0.15, -0.1) is 0 Å². The summed E-state index contributed by atoms with van der Waals surface area (Å²) in [5.74, 6) is 0.0506. The quantitative estimate of drug-likeness (QED) is 0.336. The molecule has 0 aliphatic heterocycles. The molecule has 0 radical (unpaired) electrons. The molecule has 2 aromatic carbocycles. The lowest BCUT2D eigenvalue weighted by atomic mass is 10.1. The van der Waals surface area contributed by atoms with Crippen LogP contribution in [-0.4, -0.2) is 37.5 Å². The smallest absolute Gasteiger partial charge is 0.308 e. The summed E-state index contributed by atoms with van der Waals surface area (Å²) in [5.41, 5.74) is 1.64. The van der Waals surface area contributed by atoms with Crippen molar-refractivity contribution in [3.05, 3.63) is 59.7 Å². The van der Waals surface area contributed by atoms with Crippen molar-refractivity contribution >= 4 is 17.8 Å². The first-order chi connectivity index (χ1) is 14.5. The van der Waals surface area contributed by atoms with Crippen LogP contribution < -0.4 is 20.1 Å². The zero-order valence-corrected chi connectivity index (χ0v) is 17.4. The van der Waals surface area contributed by atoms with Crippen molar-refractivity contribution in [1.82, 2.24) is 10.6 Å². The van der Waals surface area contributed by atoms with Crippen molar-refractivity contribution in [1.29, 1.82) is 0 Å². The molecule has 2 rings (SSSR count). The average molecular weight is 412 g/mol. The van der Waals surface area contributed by atoms with E-state index in [-0.39, 0.29) is 18.4 Å². The Bertz CT molecular complexity index is 849. The Hall–Kier alpha value is -3.35. The largest absolute Gasteiger partial charge is 0.484 e. The van der Waals surface area contributed by atoms with Crippen LogP contribution in [0.5, 0.6) is 11.5 Å². The highest BCUT2D eigenvalue weighted by Gasteiger charge is 2.08. The highest BCUT2D eigenvalue weighted by atomic mass is 16.5. The Morgan fingerprint density at radius 3 is 2.37 bits per heavy atom. The molecule has 7 nitrogen and oxygen atoms in total. The van der Waals surface area contributed by atoms with Crippen LogP contribution >= 0.6 is 0 Å². The zero-order chi connectivity index (χ0) is 21.8. The molecule has 0 aromatic heterocycles. The molecule has 0 unspecified atom stereocenters. The van der Waals surface area contributed by atoms with Gasteiger partial charge < -0.3 is 20.1 Å². The van der Waals surface area contributed by atoms with Crippen LogP contribution in [0.3, 0.4) is 0 Å². The summed E-state index contributed by atoms with van der Waals surface area (Å²) in [4.78, 5) is 35.0. The first kappa shape index (κ1) is 22.9. The molecule has 0 bridgehead atoms. The molecule has 0 saturated heterocycles. The summed E-state index contributed by atoms with van der Waals surface area (Å²) in [6.45, 7) is 4.20. The summed E-state index contributed by atoms with van der Waals surface area (Å²) in [6.07, 6.45) is 2.69. The second-order valence-electron chi connectivity index (χ2n) is 6.76. The van der Waals surface area contributed by atoms with E-state index in [1.54, 1.807) is 18.2 Å². The van der Waals surface area contributed by atoms with E-state index < -0.39 is 5.97 Å². The molecular weight excluding hydrogens is 384 g/mol. The van der Waals surface area contributed by atoms with Crippen molar-refractivity contribution in [2.75, 3.05) is 19.7 Å². The van der Waals surface area contributed by atoms with Crippen LogP contribution in [0.15, 0.2) is 48.5 Å². The molecule has 2 N–H and O–H groups in total. The van der Waals surface area contributed by atoms with Crippen LogP contribution in [-0.2, 0) is 16.0 Å². The molecule has 0 fully saturated rings. The summed E-state index contributed by atoms with van der Waals surface area (Å²) in [7, 11) is 0. The van der Waals surface area contributed by atoms with Gasteiger partial charge in [0.15, 0.2) is 6.61 Å². The number of esters is 1. The molecule has 0 saturated carbocycles. The van der Waals surface area contributed by atoms with E-state index in [1.807, 2.05) is 24.3 Å². The van der Waals surface area contributed by atoms with Crippen LogP contribution in [0.25, 0.3) is 0 Å². The lowest BCUT2D eigenvalue weighted by Crippen LogP contribution is -2.32. The topological polar surface area (TPSA) is 93.7 Å². The van der Waals surface area contributed by atoms with Gasteiger partial charge in [-0.2, -0.15) is 0 Å². The average Bonchev–Trinajstić information content (AvgIpc) is 2.73. The van der Waals surface area contributed by atoms with E-state index in [2.05, 4.69) is 17.6 Å². The number of ether oxygens (including phenoxy) is 2. The van der Waals surface area contributed by atoms with Crippen molar-refractivity contribution < 1.29 is 23.9 Å². The molecule has 160 valence electrons. The van der Waals surface area contributed by atoms with Crippen molar-refractivity contribution in [2.24, 2.45) is 0 Å². The molecule has 0 spiro atoms. The second-order valence-corrected chi connectivity index (χ2v) is 6.76. The molecule has 2 aromatic rings. The fourth-order valence-corrected chi connectivity index (χ4v) is 2.73. The van der Waals surface area contributed by atoms with E-state index >= 15 is 0 Å². The van der Waals surface area contributed by atoms with Crippen molar-refractivity contribution in [3.8, 4) is 11.5 Å². The van der Waals surface area contributed by atoms with E-state index in [0.717, 1.165) is 12.8 Å². The van der Waals surface area contributed by atoms with Gasteiger partial charge in [-0.05, 0) is 48.7 Å². The number of rotatable bonds is 11. The fourth-order valence-electron chi connectivity index (χ4n) is 2.73. The zero-order valence-electron chi connectivity index (χ0n) is 17.4. The second kappa shape index (κ2) is 12.3. The number of aryl methyl sites for hydroxylation is 1. The third-order valence-electron chi connectivity index (χ3n) is 4.15. The maximum absolute atomic E-state index is 12.1. The number of carbonyl (C=O) groups is 3. The number of hydrogen-bond donors (Lipinski definition) is 2. The molecule has 0 aliphatic rings. The summed E-state index contributed by atoms with van der Waals surface area (Å²) >= 11 is 0. The Labute approximate surface area is 176 Å². The van der Waals surface area contributed by atoms with Gasteiger partial charge in [0, 0.05) is 25.6 Å². The maximum atomic E-state index is 12.1. The molecule has 0 aliphatic carbocycles. The third kappa shape index (κ3) is 8.34. The SMILES string of the molecule is CCCc1ccc(OCC(=O)NCCCNC(=O)c2cccc(OC(C)=O)c2)cc1. The first-order valence-corrected chi connectivity index (χ1v) is 10.0. The molecule has 2 amide bonds. The van der Waals surface area contributed by atoms with Crippen LogP contribution in [0.4, 0.5) is 0 Å². The van der Waals surface area contributed by atoms with Gasteiger partial charge in [0.1, 0.15) is 11.5 Å². The summed E-state index contributed by atoms with van der Waals surface area (Å²) in [6, 6.07) is 14.1. The normalized spacial score (nSPS) is 10.2. The first-order valence-electron chi connectivity index (χ1n) is 10.0. The Morgan fingerprint density at radius 2 is 1.67 bits per heavy atom. The van der Waals surface area contributed by atoms with E-state index in [0.29, 0.717) is 36.6 Å². The van der Waals surface area contributed by atoms with Crippen LogP contribution in [0.1, 0.15) is 42.6 Å². The van der Waals surface area contributed by atoms with Crippen LogP contribution in [0, 0.1) is 0 Å². The van der Waals surface area contributed by atoms with E-state index in [4.69, 9.17) is 9.47 Å². The molecule has 7 heteroatoms. The fraction of sp³-hybridized carbons (Fsp3) is 0.348. The molecule has 0 atom stereocenters. The summed E-state index contributed by atoms with van der Waals surface area (Å²) in [5, 5.41) is 5.52. The Balaban J connectivity index is 1.62. The van der Waals surface area contributed by atoms with Crippen molar-refractivity contribution in [2.45, 2.75) is 33.1 Å². The molecular formula is C23H28N2O5. The van der Waals surface area contributed by atoms with E-state index in [1.165, 1.54) is 18.6 Å². The van der Waals surface area contributed by atoms with E-state index in [9.17, 15) is 14.4 Å². The Morgan fingerprint density at radius 1 is 0.933 bits per heavy atom. The molecule has 0 heterocycles. The number of nitrogens with one attached hydrogen (secondary N) is 2. The standard InChI is InChI=1S/C23H28N2O5/c1-3-6-18-9-11-20(12-10-18)29-16-22(27)24-13-5-14-25-23(28)19-7-4-8-21(15-19)30-17(2)26/h4,7-12,15H,3,5-6,13-14,16H2,1-2H3,(H,24,27)(H,25,28). The van der Waals surface area contributed by atoms with Gasteiger partial charge in [0.2, 0.25) is 0 Å². The lowest BCUT2D eigenvalue weighted by Gasteiger charge is -2.09. The highest BCUT2D eigenvalue weighted by Crippen LogP contribution is 2.14. The van der Waals surface area contributed by atoms with Gasteiger partial charge in [-0.25, -0.2) is 0 Å². The van der Waals surface area contributed by atoms with Crippen LogP contribution in [0.2, 0.25) is 0 Å². The molecule has 30 heavy (non-hydrogen) atoms. The minimum Gasteiger partial charge on any atom is -0.484 e. The minimum absolute atomic E-state index is 0.0532. The van der Waals surface area contributed by atoms with Gasteiger partial charge in [-0.3, -0.25) is 14.4 Å². The van der Waals surface area contributed by atoms with Crippen molar-refractivity contribution in [3.63, 3.8) is 0 Å². The predicted octanol–water partition coefficient (Wildman–Crippen LogP) is 2.88. The lowest BCUT2D eigenvalue weighted by molar-refractivity contribution is -0.131. The number of benzene rings is 2. The number of amides is 2. The monoisotopic (exact) mass is 412 g/mol. The Kier molecular flexibility index (Phi) is 9.37. The highest BCUT2D eigenvalue weighted by molar-refractivity contribution is 5.94. The van der Waals surface area contributed by atoms with Gasteiger partial charge in [0.05, 0.1) is 0 Å². The minimum atomic E-state index is -0.444. The number of carbonyl (C=O) groups excluding carboxylic acids is 3.